The summed E-state index contributed by atoms with van der Waals surface area (Å²) in [4.78, 5) is -1.22. The molecule has 0 saturated heterocycles. The van der Waals surface area contributed by atoms with Gasteiger partial charge in [0.05, 0.1) is 13.2 Å². The van der Waals surface area contributed by atoms with Crippen LogP contribution in [-0.4, -0.2) is 67.7 Å². The minimum Gasteiger partial charge on any atom is -0.396 e. The van der Waals surface area contributed by atoms with Gasteiger partial charge in [0.2, 0.25) is 0 Å². The molecule has 4 nitrogen and oxygen atoms in total. The Morgan fingerprint density at radius 3 is 2.31 bits per heavy atom. The molecule has 0 fully saturated rings. The topological polar surface area (TPSA) is 80.9 Å². The fourth-order valence-electron chi connectivity index (χ4n) is 0.988. The van der Waals surface area contributed by atoms with Crippen LogP contribution in [0, 0.1) is 0 Å². The van der Waals surface area contributed by atoms with E-state index in [1.165, 1.54) is 11.8 Å². The minimum atomic E-state index is -1.22. The van der Waals surface area contributed by atoms with Crippen LogP contribution in [0.3, 0.4) is 0 Å². The summed E-state index contributed by atoms with van der Waals surface area (Å²) >= 11 is 6.78. The zero-order valence-corrected chi connectivity index (χ0v) is 11.6. The van der Waals surface area contributed by atoms with Crippen molar-refractivity contribution in [3.8, 4) is 0 Å². The summed E-state index contributed by atoms with van der Waals surface area (Å²) in [6, 6.07) is 0. The van der Waals surface area contributed by atoms with Crippen molar-refractivity contribution < 1.29 is 20.4 Å². The molecule has 0 aromatic carbocycles. The number of aliphatic hydroxyl groups is 4. The Balaban J connectivity index is 3.99. The molecule has 0 aromatic heterocycles. The Hall–Kier alpha value is 0.890. The number of thiol groups is 1. The fourth-order valence-corrected chi connectivity index (χ4v) is 3.55. The molecule has 2 unspecified atom stereocenters. The molecule has 4 N–H and O–H groups in total. The van der Waals surface area contributed by atoms with E-state index in [2.05, 4.69) is 12.6 Å². The van der Waals surface area contributed by atoms with Gasteiger partial charge in [0.1, 0.15) is 4.93 Å². The second-order valence-electron chi connectivity index (χ2n) is 3.30. The first-order valence-electron chi connectivity index (χ1n) is 5.03. The zero-order valence-electron chi connectivity index (χ0n) is 9.08. The van der Waals surface area contributed by atoms with E-state index in [9.17, 15) is 5.11 Å². The molecule has 2 atom stereocenters. The Bertz CT molecular complexity index is 173. The smallest absolute Gasteiger partial charge is 0.142 e. The highest BCUT2D eigenvalue weighted by Gasteiger charge is 2.27. The molecular formula is C9H20O4S3. The van der Waals surface area contributed by atoms with Crippen LogP contribution in [-0.2, 0) is 0 Å². The van der Waals surface area contributed by atoms with Crippen LogP contribution >= 0.6 is 36.2 Å². The molecule has 0 aliphatic carbocycles. The van der Waals surface area contributed by atoms with Gasteiger partial charge < -0.3 is 20.4 Å². The third kappa shape index (κ3) is 7.26. The van der Waals surface area contributed by atoms with E-state index in [0.717, 1.165) is 11.8 Å². The zero-order chi connectivity index (χ0) is 12.4. The van der Waals surface area contributed by atoms with Gasteiger partial charge in [0.15, 0.2) is 0 Å². The summed E-state index contributed by atoms with van der Waals surface area (Å²) in [6.45, 7) is -0.271. The van der Waals surface area contributed by atoms with Crippen LogP contribution in [0.5, 0.6) is 0 Å². The second kappa shape index (κ2) is 9.87. The lowest BCUT2D eigenvalue weighted by Gasteiger charge is -2.26. The number of hydrogen-bond donors (Lipinski definition) is 5. The number of thioether (sulfide) groups is 2. The van der Waals surface area contributed by atoms with Gasteiger partial charge in [-0.25, -0.2) is 0 Å². The molecule has 16 heavy (non-hydrogen) atoms. The van der Waals surface area contributed by atoms with Gasteiger partial charge in [0, 0.05) is 29.1 Å². The van der Waals surface area contributed by atoms with Crippen LogP contribution in [0.15, 0.2) is 0 Å². The first-order chi connectivity index (χ1) is 7.61. The lowest BCUT2D eigenvalue weighted by Crippen LogP contribution is -2.34. The Labute approximate surface area is 110 Å². The maximum Gasteiger partial charge on any atom is 0.142 e. The summed E-state index contributed by atoms with van der Waals surface area (Å²) < 4.78 is 0. The lowest BCUT2D eigenvalue weighted by molar-refractivity contribution is 0.0838. The highest BCUT2D eigenvalue weighted by Crippen LogP contribution is 2.29. The van der Waals surface area contributed by atoms with Crippen LogP contribution in [0.1, 0.15) is 6.42 Å². The van der Waals surface area contributed by atoms with Gasteiger partial charge in [-0.3, -0.25) is 0 Å². The van der Waals surface area contributed by atoms with E-state index < -0.39 is 4.93 Å². The van der Waals surface area contributed by atoms with Crippen molar-refractivity contribution in [1.29, 1.82) is 0 Å². The molecule has 0 radical (unpaired) electrons. The van der Waals surface area contributed by atoms with Crippen LogP contribution < -0.4 is 0 Å². The van der Waals surface area contributed by atoms with Crippen molar-refractivity contribution in [3.63, 3.8) is 0 Å². The quantitative estimate of drug-likeness (QED) is 0.283. The first kappa shape index (κ1) is 16.9. The third-order valence-electron chi connectivity index (χ3n) is 1.91. The van der Waals surface area contributed by atoms with Crippen molar-refractivity contribution in [1.82, 2.24) is 0 Å². The van der Waals surface area contributed by atoms with E-state index in [1.54, 1.807) is 0 Å². The maximum atomic E-state index is 9.96. The number of hydrogen-bond acceptors (Lipinski definition) is 7. The number of aliphatic hydroxyl groups excluding tert-OH is 3. The van der Waals surface area contributed by atoms with Crippen molar-refractivity contribution >= 4 is 36.2 Å². The van der Waals surface area contributed by atoms with E-state index in [-0.39, 0.29) is 25.1 Å². The summed E-state index contributed by atoms with van der Waals surface area (Å²) in [6.07, 6.45) is 0.625. The first-order valence-corrected chi connectivity index (χ1v) is 7.70. The van der Waals surface area contributed by atoms with E-state index in [1.807, 2.05) is 0 Å². The van der Waals surface area contributed by atoms with Gasteiger partial charge in [0.25, 0.3) is 0 Å². The molecular weight excluding hydrogens is 268 g/mol. The van der Waals surface area contributed by atoms with E-state index >= 15 is 0 Å². The summed E-state index contributed by atoms with van der Waals surface area (Å²) in [5, 5.41) is 36.7. The predicted octanol–water partition coefficient (Wildman–Crippen LogP) is -0.193. The second-order valence-corrected chi connectivity index (χ2v) is 6.41. The van der Waals surface area contributed by atoms with Crippen LogP contribution in [0.2, 0.25) is 0 Å². The monoisotopic (exact) mass is 288 g/mol. The molecule has 0 aliphatic rings. The summed E-state index contributed by atoms with van der Waals surface area (Å²) in [7, 11) is 0. The molecule has 0 amide bonds. The maximum absolute atomic E-state index is 9.96. The molecule has 7 heteroatoms. The van der Waals surface area contributed by atoms with Gasteiger partial charge in [-0.1, -0.05) is 0 Å². The Morgan fingerprint density at radius 2 is 1.88 bits per heavy atom. The molecule has 0 bridgehead atoms. The normalized spacial score (nSPS) is 17.1. The van der Waals surface area contributed by atoms with Gasteiger partial charge in [-0.05, 0) is 6.42 Å². The fraction of sp³-hybridized carbons (Fsp3) is 1.00. The molecule has 0 saturated carbocycles. The molecule has 0 spiro atoms. The van der Waals surface area contributed by atoms with Crippen molar-refractivity contribution in [2.45, 2.75) is 16.6 Å². The number of rotatable bonds is 10. The van der Waals surface area contributed by atoms with Gasteiger partial charge >= 0.3 is 0 Å². The van der Waals surface area contributed by atoms with E-state index in [0.29, 0.717) is 23.7 Å². The van der Waals surface area contributed by atoms with Gasteiger partial charge in [-0.2, -0.15) is 24.4 Å². The SMILES string of the molecule is OCCSC(O)(CO)CSC(CS)CCO. The lowest BCUT2D eigenvalue weighted by atomic mass is 10.3. The molecule has 0 aliphatic heterocycles. The molecule has 0 aromatic rings. The Morgan fingerprint density at radius 1 is 1.19 bits per heavy atom. The largest absolute Gasteiger partial charge is 0.396 e. The van der Waals surface area contributed by atoms with E-state index in [4.69, 9.17) is 15.3 Å². The highest BCUT2D eigenvalue weighted by molar-refractivity contribution is 8.04. The van der Waals surface area contributed by atoms with Crippen LogP contribution in [0.25, 0.3) is 0 Å². The Kier molecular flexibility index (Phi) is 10.4. The van der Waals surface area contributed by atoms with Crippen molar-refractivity contribution in [2.75, 3.05) is 37.1 Å². The van der Waals surface area contributed by atoms with Crippen molar-refractivity contribution in [2.24, 2.45) is 0 Å². The third-order valence-corrected chi connectivity index (χ3v) is 5.49. The minimum absolute atomic E-state index is 0.0235. The predicted molar refractivity (Wildman–Crippen MR) is 73.4 cm³/mol. The summed E-state index contributed by atoms with van der Waals surface area (Å²) in [5.41, 5.74) is 0. The average Bonchev–Trinajstić information content (AvgIpc) is 2.32. The molecule has 0 heterocycles. The molecule has 98 valence electrons. The molecule has 0 rings (SSSR count). The average molecular weight is 288 g/mol. The highest BCUT2D eigenvalue weighted by atomic mass is 32.2. The standard InChI is InChI=1S/C9H20O4S3/c10-2-1-8(5-14)15-7-9(13,6-12)16-4-3-11/h8,10-14H,1-7H2. The van der Waals surface area contributed by atoms with Crippen molar-refractivity contribution in [3.05, 3.63) is 0 Å². The summed E-state index contributed by atoms with van der Waals surface area (Å²) in [5.74, 6) is 1.37. The van der Waals surface area contributed by atoms with Crippen LogP contribution in [0.4, 0.5) is 0 Å². The van der Waals surface area contributed by atoms with Gasteiger partial charge in [-0.15, -0.1) is 11.8 Å².